The van der Waals surface area contributed by atoms with Crippen LogP contribution < -0.4 is 10.2 Å². The Kier molecular flexibility index (Phi) is 8.08. The first kappa shape index (κ1) is 25.9. The van der Waals surface area contributed by atoms with Crippen LogP contribution in [0.4, 0.5) is 19.0 Å². The van der Waals surface area contributed by atoms with Crippen LogP contribution in [0.1, 0.15) is 44.6 Å². The lowest BCUT2D eigenvalue weighted by Crippen LogP contribution is -2.45. The minimum Gasteiger partial charge on any atom is -0.355 e. The van der Waals surface area contributed by atoms with Crippen LogP contribution in [0.2, 0.25) is 5.02 Å². The molecule has 2 aromatic heterocycles. The van der Waals surface area contributed by atoms with E-state index in [1.165, 1.54) is 18.3 Å². The topological polar surface area (TPSA) is 71.0 Å². The molecule has 190 valence electrons. The van der Waals surface area contributed by atoms with Crippen molar-refractivity contribution in [3.63, 3.8) is 0 Å². The number of unbranched alkanes of at least 4 members (excludes halogenated alkanes) is 1. The molecule has 3 heterocycles. The molecule has 0 radical (unpaired) electrons. The molecule has 1 aromatic carbocycles. The van der Waals surface area contributed by atoms with Gasteiger partial charge in [-0.2, -0.15) is 13.2 Å². The molecule has 36 heavy (non-hydrogen) atoms. The number of piperidine rings is 1. The number of alkyl halides is 3. The average Bonchev–Trinajstić information content (AvgIpc) is 2.87. The summed E-state index contributed by atoms with van der Waals surface area (Å²) in [4.78, 5) is 27.6. The summed E-state index contributed by atoms with van der Waals surface area (Å²) >= 11 is 6.41. The highest BCUT2D eigenvalue weighted by atomic mass is 35.5. The number of nitrogens with one attached hydrogen (secondary N) is 1. The van der Waals surface area contributed by atoms with Gasteiger partial charge in [0.1, 0.15) is 11.5 Å². The Morgan fingerprint density at radius 1 is 1.11 bits per heavy atom. The standard InChI is InChI=1S/C26H27ClF3N5O/c1-2-3-4-23(36)33-19-10-13-35(14-11-19)22-16-32-24(17-5-7-18(8-6-17)26(28,29)30)25(34-22)20-9-12-31-15-21(20)27/h5-9,12,15-16,19H,2-4,10-11,13-14H2,1H3,(H,33,36). The molecule has 6 nitrogen and oxygen atoms in total. The lowest BCUT2D eigenvalue weighted by Gasteiger charge is -2.33. The van der Waals surface area contributed by atoms with E-state index in [1.807, 2.05) is 0 Å². The molecule has 1 fully saturated rings. The number of benzene rings is 1. The fourth-order valence-corrected chi connectivity index (χ4v) is 4.41. The third-order valence-corrected chi connectivity index (χ3v) is 6.52. The molecule has 0 unspecified atom stereocenters. The summed E-state index contributed by atoms with van der Waals surface area (Å²) in [5.41, 5.74) is 1.25. The molecule has 0 bridgehead atoms. The minimum absolute atomic E-state index is 0.0885. The van der Waals surface area contributed by atoms with Crippen LogP contribution in [0.15, 0.2) is 48.9 Å². The molecular weight excluding hydrogens is 491 g/mol. The molecule has 0 spiro atoms. The van der Waals surface area contributed by atoms with Gasteiger partial charge in [0, 0.05) is 49.1 Å². The maximum atomic E-state index is 13.0. The van der Waals surface area contributed by atoms with Crippen molar-refractivity contribution in [1.82, 2.24) is 20.3 Å². The monoisotopic (exact) mass is 517 g/mol. The Hall–Kier alpha value is -3.20. The van der Waals surface area contributed by atoms with Crippen molar-refractivity contribution in [2.75, 3.05) is 18.0 Å². The van der Waals surface area contributed by atoms with Crippen LogP contribution >= 0.6 is 11.6 Å². The number of halogens is 4. The molecule has 1 amide bonds. The second-order valence-electron chi connectivity index (χ2n) is 8.79. The van der Waals surface area contributed by atoms with Gasteiger partial charge < -0.3 is 10.2 Å². The predicted octanol–water partition coefficient (Wildman–Crippen LogP) is 6.15. The van der Waals surface area contributed by atoms with E-state index in [9.17, 15) is 18.0 Å². The molecule has 10 heteroatoms. The quantitative estimate of drug-likeness (QED) is 0.407. The summed E-state index contributed by atoms with van der Waals surface area (Å²) in [5, 5.41) is 3.48. The number of anilines is 1. The number of carbonyl (C=O) groups is 1. The number of hydrogen-bond acceptors (Lipinski definition) is 5. The number of hydrogen-bond donors (Lipinski definition) is 1. The first-order valence-corrected chi connectivity index (χ1v) is 12.3. The van der Waals surface area contributed by atoms with Crippen molar-refractivity contribution in [2.24, 2.45) is 0 Å². The summed E-state index contributed by atoms with van der Waals surface area (Å²) in [7, 11) is 0. The summed E-state index contributed by atoms with van der Waals surface area (Å²) < 4.78 is 39.1. The molecule has 1 aliphatic rings. The Balaban J connectivity index is 1.59. The second kappa shape index (κ2) is 11.2. The highest BCUT2D eigenvalue weighted by Crippen LogP contribution is 2.36. The number of nitrogens with zero attached hydrogens (tertiary/aromatic N) is 4. The maximum Gasteiger partial charge on any atom is 0.416 e. The van der Waals surface area contributed by atoms with Crippen LogP contribution in [0.3, 0.4) is 0 Å². The molecule has 4 rings (SSSR count). The third kappa shape index (κ3) is 6.13. The Labute approximate surface area is 212 Å². The van der Waals surface area contributed by atoms with E-state index < -0.39 is 11.7 Å². The van der Waals surface area contributed by atoms with Crippen molar-refractivity contribution < 1.29 is 18.0 Å². The summed E-state index contributed by atoms with van der Waals surface area (Å²) in [5.74, 6) is 0.731. The lowest BCUT2D eigenvalue weighted by molar-refractivity contribution is -0.137. The van der Waals surface area contributed by atoms with Gasteiger partial charge in [-0.05, 0) is 37.5 Å². The van der Waals surface area contributed by atoms with E-state index in [4.69, 9.17) is 16.6 Å². The van der Waals surface area contributed by atoms with E-state index in [1.54, 1.807) is 18.5 Å². The Bertz CT molecular complexity index is 1190. The van der Waals surface area contributed by atoms with Crippen LogP contribution in [-0.4, -0.2) is 40.0 Å². The van der Waals surface area contributed by atoms with Gasteiger partial charge in [-0.1, -0.05) is 37.1 Å². The van der Waals surface area contributed by atoms with Gasteiger partial charge in [0.25, 0.3) is 0 Å². The smallest absolute Gasteiger partial charge is 0.355 e. The zero-order chi connectivity index (χ0) is 25.7. The van der Waals surface area contributed by atoms with Crippen LogP contribution in [0, 0.1) is 0 Å². The molecule has 1 saturated heterocycles. The van der Waals surface area contributed by atoms with Gasteiger partial charge in [-0.25, -0.2) is 4.98 Å². The average molecular weight is 518 g/mol. The van der Waals surface area contributed by atoms with Crippen LogP contribution in [0.5, 0.6) is 0 Å². The van der Waals surface area contributed by atoms with E-state index in [2.05, 4.69) is 27.1 Å². The van der Waals surface area contributed by atoms with Crippen LogP contribution in [-0.2, 0) is 11.0 Å². The van der Waals surface area contributed by atoms with Crippen molar-refractivity contribution in [3.8, 4) is 22.5 Å². The number of amides is 1. The highest BCUT2D eigenvalue weighted by molar-refractivity contribution is 6.33. The third-order valence-electron chi connectivity index (χ3n) is 6.21. The van der Waals surface area contributed by atoms with E-state index in [0.717, 1.165) is 37.8 Å². The van der Waals surface area contributed by atoms with E-state index in [-0.39, 0.29) is 11.9 Å². The first-order valence-electron chi connectivity index (χ1n) is 11.9. The fraction of sp³-hybridized carbons (Fsp3) is 0.385. The van der Waals surface area contributed by atoms with E-state index in [0.29, 0.717) is 52.9 Å². The molecular formula is C26H27ClF3N5O. The highest BCUT2D eigenvalue weighted by Gasteiger charge is 2.30. The number of rotatable bonds is 7. The van der Waals surface area contributed by atoms with E-state index >= 15 is 0 Å². The largest absolute Gasteiger partial charge is 0.416 e. The minimum atomic E-state index is -4.42. The second-order valence-corrected chi connectivity index (χ2v) is 9.20. The van der Waals surface area contributed by atoms with Gasteiger partial charge in [0.2, 0.25) is 5.91 Å². The number of carbonyl (C=O) groups excluding carboxylic acids is 1. The summed E-state index contributed by atoms with van der Waals surface area (Å²) in [6.07, 6.45) is 4.26. The maximum absolute atomic E-state index is 13.0. The first-order chi connectivity index (χ1) is 17.3. The molecule has 0 saturated carbocycles. The Morgan fingerprint density at radius 3 is 2.47 bits per heavy atom. The van der Waals surface area contributed by atoms with Gasteiger partial charge >= 0.3 is 6.18 Å². The Morgan fingerprint density at radius 2 is 1.83 bits per heavy atom. The fourth-order valence-electron chi connectivity index (χ4n) is 4.21. The van der Waals surface area contributed by atoms with Crippen molar-refractivity contribution in [2.45, 2.75) is 51.2 Å². The van der Waals surface area contributed by atoms with Crippen molar-refractivity contribution in [1.29, 1.82) is 0 Å². The number of pyridine rings is 1. The zero-order valence-electron chi connectivity index (χ0n) is 19.9. The molecule has 0 aliphatic carbocycles. The SMILES string of the molecule is CCCCC(=O)NC1CCN(c2cnc(-c3ccc(C(F)(F)F)cc3)c(-c3ccncc3Cl)n2)CC1. The van der Waals surface area contributed by atoms with Crippen LogP contribution in [0.25, 0.3) is 22.5 Å². The van der Waals surface area contributed by atoms with Gasteiger partial charge in [0.15, 0.2) is 0 Å². The van der Waals surface area contributed by atoms with Crippen molar-refractivity contribution in [3.05, 3.63) is 59.5 Å². The van der Waals surface area contributed by atoms with Crippen molar-refractivity contribution >= 4 is 23.3 Å². The summed E-state index contributed by atoms with van der Waals surface area (Å²) in [6, 6.07) is 6.67. The lowest BCUT2D eigenvalue weighted by atomic mass is 10.0. The van der Waals surface area contributed by atoms with Gasteiger partial charge in [-0.3, -0.25) is 14.8 Å². The normalized spacial score (nSPS) is 14.6. The summed E-state index contributed by atoms with van der Waals surface area (Å²) in [6.45, 7) is 3.44. The molecule has 0 atom stereocenters. The zero-order valence-corrected chi connectivity index (χ0v) is 20.6. The molecule has 1 N–H and O–H groups in total. The molecule has 3 aromatic rings. The van der Waals surface area contributed by atoms with Gasteiger partial charge in [0.05, 0.1) is 22.5 Å². The predicted molar refractivity (Wildman–Crippen MR) is 134 cm³/mol. The van der Waals surface area contributed by atoms with Gasteiger partial charge in [-0.15, -0.1) is 0 Å². The number of aromatic nitrogens is 3. The molecule has 1 aliphatic heterocycles.